The molecule has 2 N–H and O–H groups in total. The first kappa shape index (κ1) is 19.5. The number of ether oxygens (including phenoxy) is 1. The van der Waals surface area contributed by atoms with Crippen LogP contribution in [0.4, 0.5) is 17.1 Å². The third kappa shape index (κ3) is 4.61. The van der Waals surface area contributed by atoms with Crippen molar-refractivity contribution >= 4 is 23.0 Å². The summed E-state index contributed by atoms with van der Waals surface area (Å²) >= 11 is 0. The van der Waals surface area contributed by atoms with Gasteiger partial charge in [-0.25, -0.2) is 0 Å². The Morgan fingerprint density at radius 3 is 2.63 bits per heavy atom. The molecule has 0 saturated carbocycles. The van der Waals surface area contributed by atoms with Gasteiger partial charge in [-0.1, -0.05) is 12.1 Å². The molecular formula is C19H18N4O4. The quantitative estimate of drug-likeness (QED) is 0.348. The van der Waals surface area contributed by atoms with Crippen LogP contribution in [-0.4, -0.2) is 17.9 Å². The van der Waals surface area contributed by atoms with Gasteiger partial charge in [-0.15, -0.1) is 0 Å². The normalized spacial score (nSPS) is 10.7. The largest absolute Gasteiger partial charge is 0.494 e. The minimum Gasteiger partial charge on any atom is -0.494 e. The Balaban J connectivity index is 2.21. The fraction of sp³-hybridized carbons (Fsp3) is 0.158. The van der Waals surface area contributed by atoms with E-state index in [1.54, 1.807) is 0 Å². The van der Waals surface area contributed by atoms with Gasteiger partial charge in [0.15, 0.2) is 0 Å². The van der Waals surface area contributed by atoms with E-state index in [1.807, 2.05) is 38.1 Å². The highest BCUT2D eigenvalue weighted by Crippen LogP contribution is 2.29. The van der Waals surface area contributed by atoms with E-state index in [0.29, 0.717) is 0 Å². The summed E-state index contributed by atoms with van der Waals surface area (Å²) in [6.07, 6.45) is 1.31. The number of benzene rings is 2. The zero-order chi connectivity index (χ0) is 20.0. The van der Waals surface area contributed by atoms with Crippen molar-refractivity contribution in [2.75, 3.05) is 17.7 Å². The van der Waals surface area contributed by atoms with E-state index in [9.17, 15) is 20.2 Å². The van der Waals surface area contributed by atoms with Gasteiger partial charge in [0.1, 0.15) is 17.4 Å². The Bertz CT molecular complexity index is 961. The summed E-state index contributed by atoms with van der Waals surface area (Å²) in [6, 6.07) is 11.3. The molecule has 8 nitrogen and oxygen atoms in total. The lowest BCUT2D eigenvalue weighted by molar-refractivity contribution is -0.384. The Morgan fingerprint density at radius 2 is 2.00 bits per heavy atom. The molecule has 0 radical (unpaired) electrons. The predicted octanol–water partition coefficient (Wildman–Crippen LogP) is 3.68. The average Bonchev–Trinajstić information content (AvgIpc) is 2.65. The fourth-order valence-electron chi connectivity index (χ4n) is 2.29. The topological polar surface area (TPSA) is 117 Å². The maximum atomic E-state index is 12.4. The summed E-state index contributed by atoms with van der Waals surface area (Å²) < 4.78 is 5.07. The molecule has 0 spiro atoms. The molecular weight excluding hydrogens is 348 g/mol. The number of nitro benzene ring substituents is 1. The number of nitrogens with zero attached hydrogens (tertiary/aromatic N) is 2. The van der Waals surface area contributed by atoms with Gasteiger partial charge < -0.3 is 15.4 Å². The molecule has 0 aromatic heterocycles. The molecule has 27 heavy (non-hydrogen) atoms. The first-order chi connectivity index (χ1) is 12.9. The van der Waals surface area contributed by atoms with Gasteiger partial charge in [-0.3, -0.25) is 14.9 Å². The number of aryl methyl sites for hydroxylation is 1. The molecule has 138 valence electrons. The van der Waals surface area contributed by atoms with E-state index >= 15 is 0 Å². The lowest BCUT2D eigenvalue weighted by Crippen LogP contribution is -2.15. The number of hydrogen-bond acceptors (Lipinski definition) is 6. The first-order valence-corrected chi connectivity index (χ1v) is 7.94. The first-order valence-electron chi connectivity index (χ1n) is 7.94. The van der Waals surface area contributed by atoms with Crippen molar-refractivity contribution in [1.82, 2.24) is 0 Å². The molecule has 1 amide bonds. The molecule has 0 aliphatic carbocycles. The van der Waals surface area contributed by atoms with Crippen LogP contribution in [0.2, 0.25) is 0 Å². The second-order valence-electron chi connectivity index (χ2n) is 5.66. The van der Waals surface area contributed by atoms with Crippen molar-refractivity contribution in [2.24, 2.45) is 0 Å². The highest BCUT2D eigenvalue weighted by atomic mass is 16.6. The van der Waals surface area contributed by atoms with Crippen molar-refractivity contribution in [3.63, 3.8) is 0 Å². The van der Waals surface area contributed by atoms with Crippen LogP contribution in [0.15, 0.2) is 48.2 Å². The number of amides is 1. The second-order valence-corrected chi connectivity index (χ2v) is 5.66. The molecule has 0 heterocycles. The SMILES string of the molecule is COc1cc([N+](=O)[O-])ccc1NC(=O)/C(C#N)=C\Nc1cccc(C)c1C. The molecule has 0 aliphatic rings. The number of anilines is 2. The number of nitriles is 1. The number of nitro groups is 1. The van der Waals surface area contributed by atoms with Crippen LogP contribution in [0, 0.1) is 35.3 Å². The summed E-state index contributed by atoms with van der Waals surface area (Å²) in [5, 5.41) is 25.6. The Hall–Kier alpha value is -3.86. The van der Waals surface area contributed by atoms with Crippen LogP contribution < -0.4 is 15.4 Å². The maximum Gasteiger partial charge on any atom is 0.273 e. The molecule has 2 aromatic rings. The molecule has 0 fully saturated rings. The van der Waals surface area contributed by atoms with E-state index in [4.69, 9.17) is 4.74 Å². The summed E-state index contributed by atoms with van der Waals surface area (Å²) in [7, 11) is 1.33. The molecule has 0 aliphatic heterocycles. The smallest absolute Gasteiger partial charge is 0.273 e. The van der Waals surface area contributed by atoms with Crippen molar-refractivity contribution in [3.8, 4) is 11.8 Å². The van der Waals surface area contributed by atoms with Crippen LogP contribution in [0.3, 0.4) is 0 Å². The Labute approximate surface area is 156 Å². The number of nitrogens with one attached hydrogen (secondary N) is 2. The van der Waals surface area contributed by atoms with Crippen molar-refractivity contribution in [3.05, 3.63) is 69.4 Å². The van der Waals surface area contributed by atoms with Gasteiger partial charge in [0.05, 0.1) is 23.8 Å². The Kier molecular flexibility index (Phi) is 6.12. The molecule has 2 aromatic carbocycles. The van der Waals surface area contributed by atoms with Crippen molar-refractivity contribution in [1.29, 1.82) is 5.26 Å². The minimum absolute atomic E-state index is 0.123. The van der Waals surface area contributed by atoms with E-state index in [2.05, 4.69) is 10.6 Å². The summed E-state index contributed by atoms with van der Waals surface area (Å²) in [6.45, 7) is 3.89. The fourth-order valence-corrected chi connectivity index (χ4v) is 2.29. The third-order valence-electron chi connectivity index (χ3n) is 3.99. The van der Waals surface area contributed by atoms with Crippen LogP contribution in [-0.2, 0) is 4.79 Å². The van der Waals surface area contributed by atoms with Crippen LogP contribution in [0.25, 0.3) is 0 Å². The molecule has 0 saturated heterocycles. The number of rotatable bonds is 6. The van der Waals surface area contributed by atoms with E-state index in [1.165, 1.54) is 31.5 Å². The predicted molar refractivity (Wildman–Crippen MR) is 102 cm³/mol. The van der Waals surface area contributed by atoms with Gasteiger partial charge >= 0.3 is 0 Å². The van der Waals surface area contributed by atoms with Crippen LogP contribution in [0.5, 0.6) is 5.75 Å². The summed E-state index contributed by atoms with van der Waals surface area (Å²) in [4.78, 5) is 22.6. The van der Waals surface area contributed by atoms with Gasteiger partial charge in [-0.05, 0) is 37.1 Å². The zero-order valence-electron chi connectivity index (χ0n) is 15.1. The van der Waals surface area contributed by atoms with E-state index in [-0.39, 0.29) is 22.7 Å². The van der Waals surface area contributed by atoms with E-state index < -0.39 is 10.8 Å². The zero-order valence-corrected chi connectivity index (χ0v) is 15.1. The lowest BCUT2D eigenvalue weighted by Gasteiger charge is -2.10. The monoisotopic (exact) mass is 366 g/mol. The van der Waals surface area contributed by atoms with Crippen LogP contribution >= 0.6 is 0 Å². The van der Waals surface area contributed by atoms with Crippen LogP contribution in [0.1, 0.15) is 11.1 Å². The van der Waals surface area contributed by atoms with Gasteiger partial charge in [0.25, 0.3) is 11.6 Å². The number of non-ortho nitro benzene ring substituents is 1. The van der Waals surface area contributed by atoms with Gasteiger partial charge in [-0.2, -0.15) is 5.26 Å². The summed E-state index contributed by atoms with van der Waals surface area (Å²) in [5.41, 5.74) is 2.76. The number of hydrogen-bond donors (Lipinski definition) is 2. The van der Waals surface area contributed by atoms with Gasteiger partial charge in [0.2, 0.25) is 0 Å². The Morgan fingerprint density at radius 1 is 1.26 bits per heavy atom. The molecule has 0 atom stereocenters. The van der Waals surface area contributed by atoms with Gasteiger partial charge in [0, 0.05) is 18.0 Å². The van der Waals surface area contributed by atoms with Crippen molar-refractivity contribution in [2.45, 2.75) is 13.8 Å². The second kappa shape index (κ2) is 8.49. The highest BCUT2D eigenvalue weighted by Gasteiger charge is 2.16. The number of methoxy groups -OCH3 is 1. The molecule has 2 rings (SSSR count). The number of carbonyl (C=O) groups excluding carboxylic acids is 1. The lowest BCUT2D eigenvalue weighted by atomic mass is 10.1. The number of carbonyl (C=O) groups is 1. The summed E-state index contributed by atoms with van der Waals surface area (Å²) in [5.74, 6) is -0.542. The molecule has 0 unspecified atom stereocenters. The molecule has 8 heteroatoms. The standard InChI is InChI=1S/C19H18N4O4/c1-12-5-4-6-16(13(12)2)21-11-14(10-20)19(24)22-17-8-7-15(23(25)26)9-18(17)27-3/h4-9,11,21H,1-3H3,(H,22,24)/b14-11-. The van der Waals surface area contributed by atoms with Crippen molar-refractivity contribution < 1.29 is 14.5 Å². The third-order valence-corrected chi connectivity index (χ3v) is 3.99. The average molecular weight is 366 g/mol. The highest BCUT2D eigenvalue weighted by molar-refractivity contribution is 6.07. The van der Waals surface area contributed by atoms with E-state index in [0.717, 1.165) is 16.8 Å². The molecule has 0 bridgehead atoms. The minimum atomic E-state index is -0.664. The maximum absolute atomic E-state index is 12.4.